The van der Waals surface area contributed by atoms with Gasteiger partial charge in [-0.05, 0) is 61.7 Å². The molecule has 146 valence electrons. The Balaban J connectivity index is 1.70. The molecule has 0 bridgehead atoms. The van der Waals surface area contributed by atoms with Gasteiger partial charge in [0.2, 0.25) is 10.0 Å². The molecule has 0 spiro atoms. The van der Waals surface area contributed by atoms with Crippen LogP contribution in [0.4, 0.5) is 0 Å². The summed E-state index contributed by atoms with van der Waals surface area (Å²) in [6, 6.07) is 13.9. The average Bonchev–Trinajstić information content (AvgIpc) is 2.62. The molecule has 0 radical (unpaired) electrons. The molecule has 0 atom stereocenters. The summed E-state index contributed by atoms with van der Waals surface area (Å²) in [5, 5.41) is -0.464. The van der Waals surface area contributed by atoms with Gasteiger partial charge in [-0.15, -0.1) is 0 Å². The smallest absolute Gasteiger partial charge is 0.243 e. The van der Waals surface area contributed by atoms with E-state index in [0.29, 0.717) is 24.3 Å². The molecular formula is C19H23NO5S2. The molecule has 0 amide bonds. The Morgan fingerprint density at radius 1 is 0.926 bits per heavy atom. The fourth-order valence-electron chi connectivity index (χ4n) is 3.14. The molecule has 6 nitrogen and oxygen atoms in total. The SMILES string of the molecule is Cc1cccc(Oc2ccc(S(=O)(=O)N3CCC(S(C)(=O)=O)CC3)cc2)c1. The van der Waals surface area contributed by atoms with Crippen LogP contribution >= 0.6 is 0 Å². The summed E-state index contributed by atoms with van der Waals surface area (Å²) in [6.45, 7) is 2.39. The molecular weight excluding hydrogens is 386 g/mol. The highest BCUT2D eigenvalue weighted by atomic mass is 32.2. The Morgan fingerprint density at radius 3 is 2.11 bits per heavy atom. The number of sulfonamides is 1. The number of ether oxygens (including phenoxy) is 1. The Hall–Kier alpha value is -1.90. The lowest BCUT2D eigenvalue weighted by Crippen LogP contribution is -2.42. The van der Waals surface area contributed by atoms with Crippen molar-refractivity contribution >= 4 is 19.9 Å². The lowest BCUT2D eigenvalue weighted by atomic mass is 10.2. The first kappa shape index (κ1) is 19.9. The molecule has 1 heterocycles. The van der Waals surface area contributed by atoms with E-state index in [9.17, 15) is 16.8 Å². The summed E-state index contributed by atoms with van der Waals surface area (Å²) in [5.74, 6) is 1.24. The third-order valence-electron chi connectivity index (χ3n) is 4.69. The van der Waals surface area contributed by atoms with Gasteiger partial charge in [0.25, 0.3) is 0 Å². The number of hydrogen-bond donors (Lipinski definition) is 0. The largest absolute Gasteiger partial charge is 0.457 e. The van der Waals surface area contributed by atoms with Crippen LogP contribution in [-0.4, -0.2) is 45.7 Å². The van der Waals surface area contributed by atoms with E-state index in [0.717, 1.165) is 5.56 Å². The van der Waals surface area contributed by atoms with E-state index in [-0.39, 0.29) is 18.0 Å². The predicted molar refractivity (Wildman–Crippen MR) is 104 cm³/mol. The number of benzene rings is 2. The van der Waals surface area contributed by atoms with Crippen LogP contribution in [0, 0.1) is 6.92 Å². The van der Waals surface area contributed by atoms with Crippen LogP contribution in [0.1, 0.15) is 18.4 Å². The van der Waals surface area contributed by atoms with Crippen LogP contribution in [0.3, 0.4) is 0 Å². The Morgan fingerprint density at radius 2 is 1.56 bits per heavy atom. The van der Waals surface area contributed by atoms with Crippen molar-refractivity contribution in [3.05, 3.63) is 54.1 Å². The third kappa shape index (κ3) is 4.69. The molecule has 8 heteroatoms. The molecule has 3 rings (SSSR count). The van der Waals surface area contributed by atoms with Crippen molar-refractivity contribution < 1.29 is 21.6 Å². The highest BCUT2D eigenvalue weighted by molar-refractivity contribution is 7.91. The van der Waals surface area contributed by atoms with Crippen LogP contribution in [-0.2, 0) is 19.9 Å². The van der Waals surface area contributed by atoms with Crippen molar-refractivity contribution in [2.45, 2.75) is 29.9 Å². The Labute approximate surface area is 160 Å². The highest BCUT2D eigenvalue weighted by Gasteiger charge is 2.33. The van der Waals surface area contributed by atoms with Crippen LogP contribution in [0.15, 0.2) is 53.4 Å². The van der Waals surface area contributed by atoms with Gasteiger partial charge in [0.05, 0.1) is 10.1 Å². The Kier molecular flexibility index (Phi) is 5.60. The lowest BCUT2D eigenvalue weighted by molar-refractivity contribution is 0.346. The zero-order valence-electron chi connectivity index (χ0n) is 15.3. The number of rotatable bonds is 5. The molecule has 0 aliphatic carbocycles. The first-order chi connectivity index (χ1) is 12.7. The number of hydrogen-bond acceptors (Lipinski definition) is 5. The quantitative estimate of drug-likeness (QED) is 0.758. The van der Waals surface area contributed by atoms with Crippen molar-refractivity contribution in [2.75, 3.05) is 19.3 Å². The monoisotopic (exact) mass is 409 g/mol. The molecule has 0 N–H and O–H groups in total. The normalized spacial score (nSPS) is 17.0. The van der Waals surface area contributed by atoms with Crippen molar-refractivity contribution in [1.29, 1.82) is 0 Å². The van der Waals surface area contributed by atoms with E-state index >= 15 is 0 Å². The summed E-state index contributed by atoms with van der Waals surface area (Å²) in [7, 11) is -6.78. The second-order valence-electron chi connectivity index (χ2n) is 6.82. The molecule has 2 aromatic carbocycles. The van der Waals surface area contributed by atoms with E-state index in [2.05, 4.69) is 0 Å². The molecule has 1 aliphatic rings. The highest BCUT2D eigenvalue weighted by Crippen LogP contribution is 2.27. The predicted octanol–water partition coefficient (Wildman–Crippen LogP) is 2.99. The van der Waals surface area contributed by atoms with E-state index in [4.69, 9.17) is 4.74 Å². The fraction of sp³-hybridized carbons (Fsp3) is 0.368. The van der Waals surface area contributed by atoms with Crippen LogP contribution in [0.2, 0.25) is 0 Å². The number of aryl methyl sites for hydroxylation is 1. The van der Waals surface area contributed by atoms with Crippen LogP contribution < -0.4 is 4.74 Å². The summed E-state index contributed by atoms with van der Waals surface area (Å²) in [5.41, 5.74) is 1.07. The molecule has 0 saturated carbocycles. The molecule has 27 heavy (non-hydrogen) atoms. The standard InChI is InChI=1S/C19H23NO5S2/c1-15-4-3-5-17(14-15)25-16-6-8-19(9-7-16)27(23,24)20-12-10-18(11-13-20)26(2,21)22/h3-9,14,18H,10-13H2,1-2H3. The fourth-order valence-corrected chi connectivity index (χ4v) is 5.68. The van der Waals surface area contributed by atoms with Crippen molar-refractivity contribution in [3.8, 4) is 11.5 Å². The van der Waals surface area contributed by atoms with E-state index < -0.39 is 25.1 Å². The number of sulfone groups is 1. The Bertz CT molecular complexity index is 1010. The van der Waals surface area contributed by atoms with Crippen LogP contribution in [0.25, 0.3) is 0 Å². The van der Waals surface area contributed by atoms with Gasteiger partial charge in [-0.3, -0.25) is 0 Å². The first-order valence-corrected chi connectivity index (χ1v) is 12.1. The van der Waals surface area contributed by atoms with Gasteiger partial charge >= 0.3 is 0 Å². The van der Waals surface area contributed by atoms with Gasteiger partial charge in [0, 0.05) is 19.3 Å². The van der Waals surface area contributed by atoms with Gasteiger partial charge in [0.1, 0.15) is 21.3 Å². The van der Waals surface area contributed by atoms with Crippen molar-refractivity contribution in [3.63, 3.8) is 0 Å². The molecule has 1 aliphatic heterocycles. The van der Waals surface area contributed by atoms with E-state index in [1.165, 1.54) is 22.7 Å². The van der Waals surface area contributed by atoms with Gasteiger partial charge in [-0.1, -0.05) is 12.1 Å². The second-order valence-corrected chi connectivity index (χ2v) is 11.1. The van der Waals surface area contributed by atoms with Crippen LogP contribution in [0.5, 0.6) is 11.5 Å². The van der Waals surface area contributed by atoms with Gasteiger partial charge in [-0.2, -0.15) is 4.31 Å². The number of nitrogens with zero attached hydrogens (tertiary/aromatic N) is 1. The summed E-state index contributed by atoms with van der Waals surface area (Å²) < 4.78 is 56.0. The maximum atomic E-state index is 12.8. The molecule has 1 saturated heterocycles. The zero-order chi connectivity index (χ0) is 19.7. The zero-order valence-corrected chi connectivity index (χ0v) is 17.0. The number of piperidine rings is 1. The van der Waals surface area contributed by atoms with Gasteiger partial charge in [-0.25, -0.2) is 16.8 Å². The minimum Gasteiger partial charge on any atom is -0.457 e. The van der Waals surface area contributed by atoms with Crippen molar-refractivity contribution in [2.24, 2.45) is 0 Å². The third-order valence-corrected chi connectivity index (χ3v) is 8.29. The second kappa shape index (κ2) is 7.61. The maximum Gasteiger partial charge on any atom is 0.243 e. The van der Waals surface area contributed by atoms with E-state index in [1.807, 2.05) is 31.2 Å². The molecule has 2 aromatic rings. The summed E-state index contributed by atoms with van der Waals surface area (Å²) in [4.78, 5) is 0.178. The summed E-state index contributed by atoms with van der Waals surface area (Å²) >= 11 is 0. The van der Waals surface area contributed by atoms with E-state index in [1.54, 1.807) is 12.1 Å². The molecule has 0 aromatic heterocycles. The first-order valence-electron chi connectivity index (χ1n) is 8.70. The summed E-state index contributed by atoms with van der Waals surface area (Å²) in [6.07, 6.45) is 1.86. The van der Waals surface area contributed by atoms with Crippen molar-refractivity contribution in [1.82, 2.24) is 4.31 Å². The molecule has 0 unspecified atom stereocenters. The minimum atomic E-state index is -3.64. The lowest BCUT2D eigenvalue weighted by Gasteiger charge is -2.30. The maximum absolute atomic E-state index is 12.8. The minimum absolute atomic E-state index is 0.178. The van der Waals surface area contributed by atoms with Gasteiger partial charge in [0.15, 0.2) is 0 Å². The average molecular weight is 410 g/mol. The van der Waals surface area contributed by atoms with Gasteiger partial charge < -0.3 is 4.74 Å². The topological polar surface area (TPSA) is 80.8 Å². The molecule has 1 fully saturated rings.